The quantitative estimate of drug-likeness (QED) is 0.867. The smallest absolute Gasteiger partial charge is 0.243 e. The molecule has 1 aromatic rings. The second-order valence-corrected chi connectivity index (χ2v) is 5.65. The third kappa shape index (κ3) is 2.82. The largest absolute Gasteiger partial charge is 0.316 e. The minimum atomic E-state index is -0.0744. The maximum atomic E-state index is 12.0. The molecule has 2 rings (SSSR count). The van der Waals surface area contributed by atoms with E-state index in [0.717, 1.165) is 29.1 Å². The summed E-state index contributed by atoms with van der Waals surface area (Å²) in [5.41, 5.74) is 0. The van der Waals surface area contributed by atoms with Crippen molar-refractivity contribution in [3.05, 3.63) is 15.9 Å². The molecule has 1 amide bonds. The van der Waals surface area contributed by atoms with Crippen LogP contribution in [-0.2, 0) is 4.79 Å². The van der Waals surface area contributed by atoms with Crippen LogP contribution in [0.5, 0.6) is 0 Å². The van der Waals surface area contributed by atoms with E-state index >= 15 is 0 Å². The van der Waals surface area contributed by atoms with Crippen molar-refractivity contribution in [2.75, 3.05) is 32.0 Å². The zero-order valence-electron chi connectivity index (χ0n) is 9.00. The average molecular weight is 304 g/mol. The van der Waals surface area contributed by atoms with Crippen molar-refractivity contribution in [3.8, 4) is 0 Å². The number of hydrogen-bond acceptors (Lipinski definition) is 4. The Bertz CT molecular complexity index is 382. The molecule has 6 heteroatoms. The van der Waals surface area contributed by atoms with Gasteiger partial charge < -0.3 is 10.6 Å². The maximum Gasteiger partial charge on any atom is 0.243 e. The normalized spacial score (nSPS) is 22.0. The van der Waals surface area contributed by atoms with E-state index in [2.05, 4.69) is 31.5 Å². The first-order valence-corrected chi connectivity index (χ1v) is 6.80. The van der Waals surface area contributed by atoms with Crippen LogP contribution in [-0.4, -0.2) is 43.5 Å². The van der Waals surface area contributed by atoms with E-state index in [-0.39, 0.29) is 11.9 Å². The summed E-state index contributed by atoms with van der Waals surface area (Å²) in [4.78, 5) is 14.1. The van der Waals surface area contributed by atoms with Crippen LogP contribution in [0.1, 0.15) is 0 Å². The van der Waals surface area contributed by atoms with E-state index < -0.39 is 0 Å². The summed E-state index contributed by atoms with van der Waals surface area (Å²) in [6.07, 6.45) is 0. The number of hydrogen-bond donors (Lipinski definition) is 2. The van der Waals surface area contributed by atoms with E-state index in [0.29, 0.717) is 0 Å². The number of thiophene rings is 1. The predicted octanol–water partition coefficient (Wildman–Crippen LogP) is 1.35. The van der Waals surface area contributed by atoms with E-state index in [1.807, 2.05) is 18.5 Å². The molecule has 88 valence electrons. The third-order valence-electron chi connectivity index (χ3n) is 2.63. The molecule has 1 saturated heterocycles. The van der Waals surface area contributed by atoms with Gasteiger partial charge in [0.2, 0.25) is 5.91 Å². The first kappa shape index (κ1) is 12.0. The second kappa shape index (κ2) is 5.27. The van der Waals surface area contributed by atoms with Gasteiger partial charge in [-0.25, -0.2) is 0 Å². The number of nitrogens with zero attached hydrogens (tertiary/aromatic N) is 1. The molecule has 1 fully saturated rings. The van der Waals surface area contributed by atoms with Gasteiger partial charge in [0.25, 0.3) is 0 Å². The van der Waals surface area contributed by atoms with E-state index in [1.165, 1.54) is 11.3 Å². The molecule has 0 aliphatic carbocycles. The van der Waals surface area contributed by atoms with Gasteiger partial charge in [0.05, 0.1) is 5.00 Å². The van der Waals surface area contributed by atoms with Gasteiger partial charge in [-0.2, -0.15) is 0 Å². The fourth-order valence-corrected chi connectivity index (χ4v) is 3.00. The number of piperazine rings is 1. The van der Waals surface area contributed by atoms with E-state index in [4.69, 9.17) is 0 Å². The highest BCUT2D eigenvalue weighted by Gasteiger charge is 2.25. The van der Waals surface area contributed by atoms with Crippen LogP contribution >= 0.6 is 27.3 Å². The van der Waals surface area contributed by atoms with Gasteiger partial charge >= 0.3 is 0 Å². The molecule has 1 unspecified atom stereocenters. The van der Waals surface area contributed by atoms with Crippen molar-refractivity contribution >= 4 is 38.2 Å². The standard InChI is InChI=1S/C10H14BrN3OS/c1-14-3-2-12-5-8(14)10(15)13-9-4-7(11)6-16-9/h4,6,8,12H,2-3,5H2,1H3,(H,13,15). The van der Waals surface area contributed by atoms with Crippen LogP contribution in [0.3, 0.4) is 0 Å². The first-order chi connectivity index (χ1) is 7.66. The zero-order chi connectivity index (χ0) is 11.5. The van der Waals surface area contributed by atoms with Crippen molar-refractivity contribution in [2.45, 2.75) is 6.04 Å². The summed E-state index contributed by atoms with van der Waals surface area (Å²) < 4.78 is 1.00. The van der Waals surface area contributed by atoms with Gasteiger partial charge in [0, 0.05) is 29.5 Å². The molecule has 2 heterocycles. The minimum Gasteiger partial charge on any atom is -0.316 e. The Labute approximate surface area is 107 Å². The molecule has 16 heavy (non-hydrogen) atoms. The molecule has 0 radical (unpaired) electrons. The number of carbonyl (C=O) groups is 1. The lowest BCUT2D eigenvalue weighted by atomic mass is 10.2. The summed E-state index contributed by atoms with van der Waals surface area (Å²) in [5.74, 6) is 0.0593. The monoisotopic (exact) mass is 303 g/mol. The summed E-state index contributed by atoms with van der Waals surface area (Å²) in [6.45, 7) is 2.58. The van der Waals surface area contributed by atoms with Gasteiger partial charge in [0.15, 0.2) is 0 Å². The van der Waals surface area contributed by atoms with Gasteiger partial charge in [0.1, 0.15) is 6.04 Å². The van der Waals surface area contributed by atoms with Crippen LogP contribution in [0.4, 0.5) is 5.00 Å². The molecule has 1 aromatic heterocycles. The molecule has 0 bridgehead atoms. The Morgan fingerprint density at radius 1 is 1.75 bits per heavy atom. The van der Waals surface area contributed by atoms with Crippen LogP contribution in [0.15, 0.2) is 15.9 Å². The highest BCUT2D eigenvalue weighted by molar-refractivity contribution is 9.10. The number of rotatable bonds is 2. The lowest BCUT2D eigenvalue weighted by Gasteiger charge is -2.31. The Kier molecular flexibility index (Phi) is 3.96. The zero-order valence-corrected chi connectivity index (χ0v) is 11.4. The van der Waals surface area contributed by atoms with E-state index in [1.54, 1.807) is 0 Å². The van der Waals surface area contributed by atoms with Crippen molar-refractivity contribution in [3.63, 3.8) is 0 Å². The predicted molar refractivity (Wildman–Crippen MR) is 69.9 cm³/mol. The lowest BCUT2D eigenvalue weighted by molar-refractivity contribution is -0.121. The first-order valence-electron chi connectivity index (χ1n) is 5.12. The molecule has 0 aromatic carbocycles. The second-order valence-electron chi connectivity index (χ2n) is 3.82. The van der Waals surface area contributed by atoms with Crippen molar-refractivity contribution in [1.29, 1.82) is 0 Å². The number of nitrogens with one attached hydrogen (secondary N) is 2. The molecular weight excluding hydrogens is 290 g/mol. The SMILES string of the molecule is CN1CCNCC1C(=O)Nc1cc(Br)cs1. The molecule has 0 saturated carbocycles. The number of carbonyl (C=O) groups excluding carboxylic acids is 1. The van der Waals surface area contributed by atoms with Gasteiger partial charge in [-0.1, -0.05) is 0 Å². The van der Waals surface area contributed by atoms with Crippen LogP contribution < -0.4 is 10.6 Å². The Balaban J connectivity index is 1.96. The number of amides is 1. The molecule has 0 spiro atoms. The average Bonchev–Trinajstić information content (AvgIpc) is 2.64. The number of likely N-dealkylation sites (N-methyl/N-ethyl adjacent to an activating group) is 1. The summed E-state index contributed by atoms with van der Waals surface area (Å²) in [5, 5.41) is 9.00. The van der Waals surface area contributed by atoms with Crippen LogP contribution in [0.25, 0.3) is 0 Å². The van der Waals surface area contributed by atoms with Crippen molar-refractivity contribution in [2.24, 2.45) is 0 Å². The minimum absolute atomic E-state index is 0.0593. The van der Waals surface area contributed by atoms with Crippen molar-refractivity contribution < 1.29 is 4.79 Å². The molecule has 1 atom stereocenters. The molecular formula is C10H14BrN3OS. The number of halogens is 1. The maximum absolute atomic E-state index is 12.0. The van der Waals surface area contributed by atoms with Crippen LogP contribution in [0.2, 0.25) is 0 Å². The van der Waals surface area contributed by atoms with Crippen molar-refractivity contribution in [1.82, 2.24) is 10.2 Å². The fourth-order valence-electron chi connectivity index (χ4n) is 1.68. The molecule has 1 aliphatic heterocycles. The molecule has 2 N–H and O–H groups in total. The fraction of sp³-hybridized carbons (Fsp3) is 0.500. The topological polar surface area (TPSA) is 44.4 Å². The van der Waals surface area contributed by atoms with E-state index in [9.17, 15) is 4.79 Å². The van der Waals surface area contributed by atoms with Gasteiger partial charge in [-0.3, -0.25) is 9.69 Å². The van der Waals surface area contributed by atoms with Gasteiger partial charge in [-0.05, 0) is 29.0 Å². The highest BCUT2D eigenvalue weighted by atomic mass is 79.9. The summed E-state index contributed by atoms with van der Waals surface area (Å²) in [7, 11) is 1.98. The summed E-state index contributed by atoms with van der Waals surface area (Å²) >= 11 is 4.89. The Morgan fingerprint density at radius 2 is 2.56 bits per heavy atom. The highest BCUT2D eigenvalue weighted by Crippen LogP contribution is 2.24. The number of anilines is 1. The Hall–Kier alpha value is -0.430. The molecule has 1 aliphatic rings. The summed E-state index contributed by atoms with van der Waals surface area (Å²) in [6, 6.07) is 1.84. The Morgan fingerprint density at radius 3 is 3.19 bits per heavy atom. The van der Waals surface area contributed by atoms with Crippen LogP contribution in [0, 0.1) is 0 Å². The van der Waals surface area contributed by atoms with Gasteiger partial charge in [-0.15, -0.1) is 11.3 Å². The molecule has 4 nitrogen and oxygen atoms in total. The third-order valence-corrected chi connectivity index (χ3v) is 4.23. The lowest BCUT2D eigenvalue weighted by Crippen LogP contribution is -2.54.